The molecule has 5 heteroatoms. The van der Waals surface area contributed by atoms with Crippen LogP contribution < -0.4 is 5.32 Å². The summed E-state index contributed by atoms with van der Waals surface area (Å²) in [4.78, 5) is 12.0. The fourth-order valence-electron chi connectivity index (χ4n) is 2.53. The minimum atomic E-state index is -0.852. The van der Waals surface area contributed by atoms with Crippen molar-refractivity contribution >= 4 is 5.91 Å². The molecule has 1 aromatic carbocycles. The summed E-state index contributed by atoms with van der Waals surface area (Å²) in [6, 6.07) is 3.81. The minimum absolute atomic E-state index is 0.0931. The minimum Gasteiger partial charge on any atom is -0.508 e. The van der Waals surface area contributed by atoms with Crippen molar-refractivity contribution in [3.05, 3.63) is 23.8 Å². The standard InChI is InChI=1S/C15H21NO4/c1-10-4-6-15(20,7-5-10)9-16-14(19)12-3-2-11(17)8-13(12)18/h2-3,8,10,17-18,20H,4-7,9H2,1H3,(H,16,19). The zero-order chi connectivity index (χ0) is 14.8. The maximum Gasteiger partial charge on any atom is 0.255 e. The van der Waals surface area contributed by atoms with Gasteiger partial charge in [-0.15, -0.1) is 0 Å². The summed E-state index contributed by atoms with van der Waals surface area (Å²) >= 11 is 0. The second-order valence-electron chi connectivity index (χ2n) is 5.79. The van der Waals surface area contributed by atoms with Gasteiger partial charge in [-0.2, -0.15) is 0 Å². The number of phenolic OH excluding ortho intramolecular Hbond substituents is 2. The molecule has 0 heterocycles. The number of amides is 1. The Morgan fingerprint density at radius 2 is 2.00 bits per heavy atom. The van der Waals surface area contributed by atoms with Crippen LogP contribution >= 0.6 is 0 Å². The number of carbonyl (C=O) groups is 1. The lowest BCUT2D eigenvalue weighted by molar-refractivity contribution is -0.00542. The highest BCUT2D eigenvalue weighted by Gasteiger charge is 2.32. The summed E-state index contributed by atoms with van der Waals surface area (Å²) in [6.45, 7) is 2.34. The van der Waals surface area contributed by atoms with Gasteiger partial charge in [0.25, 0.3) is 5.91 Å². The summed E-state index contributed by atoms with van der Waals surface area (Å²) in [6.07, 6.45) is 3.26. The molecule has 5 nitrogen and oxygen atoms in total. The number of nitrogens with one attached hydrogen (secondary N) is 1. The average Bonchev–Trinajstić information content (AvgIpc) is 2.40. The van der Waals surface area contributed by atoms with Crippen LogP contribution in [0.25, 0.3) is 0 Å². The largest absolute Gasteiger partial charge is 0.508 e. The van der Waals surface area contributed by atoms with Gasteiger partial charge in [-0.05, 0) is 43.7 Å². The molecule has 0 aliphatic heterocycles. The number of hydrogen-bond donors (Lipinski definition) is 4. The molecule has 0 bridgehead atoms. The van der Waals surface area contributed by atoms with Crippen LogP contribution in [-0.2, 0) is 0 Å². The van der Waals surface area contributed by atoms with Gasteiger partial charge in [0, 0.05) is 12.6 Å². The quantitative estimate of drug-likeness (QED) is 0.679. The van der Waals surface area contributed by atoms with E-state index in [4.69, 9.17) is 0 Å². The molecule has 2 rings (SSSR count). The van der Waals surface area contributed by atoms with Crippen LogP contribution in [0.2, 0.25) is 0 Å². The first-order valence-corrected chi connectivity index (χ1v) is 6.92. The van der Waals surface area contributed by atoms with E-state index in [2.05, 4.69) is 12.2 Å². The molecule has 20 heavy (non-hydrogen) atoms. The molecule has 110 valence electrons. The van der Waals surface area contributed by atoms with Crippen LogP contribution in [0, 0.1) is 5.92 Å². The number of hydrogen-bond acceptors (Lipinski definition) is 4. The van der Waals surface area contributed by atoms with E-state index in [1.54, 1.807) is 0 Å². The lowest BCUT2D eigenvalue weighted by Gasteiger charge is -2.34. The Bertz CT molecular complexity index is 493. The maximum atomic E-state index is 12.0. The van der Waals surface area contributed by atoms with Crippen LogP contribution in [0.3, 0.4) is 0 Å². The average molecular weight is 279 g/mol. The van der Waals surface area contributed by atoms with Crippen molar-refractivity contribution in [2.24, 2.45) is 5.92 Å². The first-order chi connectivity index (χ1) is 9.39. The molecule has 0 spiro atoms. The van der Waals surface area contributed by atoms with Crippen molar-refractivity contribution in [1.29, 1.82) is 0 Å². The van der Waals surface area contributed by atoms with Gasteiger partial charge >= 0.3 is 0 Å². The summed E-state index contributed by atoms with van der Waals surface area (Å²) < 4.78 is 0. The number of carbonyl (C=O) groups excluding carboxylic acids is 1. The van der Waals surface area contributed by atoms with Crippen molar-refractivity contribution in [2.45, 2.75) is 38.2 Å². The fourth-order valence-corrected chi connectivity index (χ4v) is 2.53. The van der Waals surface area contributed by atoms with E-state index in [9.17, 15) is 20.1 Å². The van der Waals surface area contributed by atoms with Crippen molar-refractivity contribution in [3.8, 4) is 11.5 Å². The molecule has 1 saturated carbocycles. The van der Waals surface area contributed by atoms with Gasteiger partial charge in [0.2, 0.25) is 0 Å². The van der Waals surface area contributed by atoms with Crippen LogP contribution in [0.4, 0.5) is 0 Å². The predicted molar refractivity (Wildman–Crippen MR) is 74.7 cm³/mol. The summed E-state index contributed by atoms with van der Waals surface area (Å²) in [5.74, 6) is -0.202. The van der Waals surface area contributed by atoms with E-state index in [1.165, 1.54) is 12.1 Å². The third kappa shape index (κ3) is 3.42. The highest BCUT2D eigenvalue weighted by Crippen LogP contribution is 2.31. The normalized spacial score (nSPS) is 26.2. The second kappa shape index (κ2) is 5.71. The molecule has 1 amide bonds. The number of rotatable bonds is 3. The zero-order valence-electron chi connectivity index (χ0n) is 11.6. The third-order valence-electron chi connectivity index (χ3n) is 4.01. The smallest absolute Gasteiger partial charge is 0.255 e. The Balaban J connectivity index is 1.95. The number of benzene rings is 1. The van der Waals surface area contributed by atoms with Gasteiger partial charge in [-0.3, -0.25) is 4.79 Å². The Morgan fingerprint density at radius 1 is 1.35 bits per heavy atom. The SMILES string of the molecule is CC1CCC(O)(CNC(=O)c2ccc(O)cc2O)CC1. The van der Waals surface area contributed by atoms with E-state index >= 15 is 0 Å². The Labute approximate surface area is 118 Å². The summed E-state index contributed by atoms with van der Waals surface area (Å²) in [5, 5.41) is 31.8. The Morgan fingerprint density at radius 3 is 2.60 bits per heavy atom. The molecule has 0 unspecified atom stereocenters. The highest BCUT2D eigenvalue weighted by molar-refractivity contribution is 5.97. The number of phenols is 2. The molecule has 0 saturated heterocycles. The van der Waals surface area contributed by atoms with Crippen LogP contribution in [0.5, 0.6) is 11.5 Å². The highest BCUT2D eigenvalue weighted by atomic mass is 16.3. The van der Waals surface area contributed by atoms with Crippen LogP contribution in [0.1, 0.15) is 43.0 Å². The second-order valence-corrected chi connectivity index (χ2v) is 5.79. The van der Waals surface area contributed by atoms with Crippen molar-refractivity contribution in [3.63, 3.8) is 0 Å². The summed E-state index contributed by atoms with van der Waals surface area (Å²) in [5.41, 5.74) is -0.759. The van der Waals surface area contributed by atoms with E-state index in [0.717, 1.165) is 18.9 Å². The molecule has 0 atom stereocenters. The van der Waals surface area contributed by atoms with Crippen molar-refractivity contribution < 1.29 is 20.1 Å². The molecule has 0 radical (unpaired) electrons. The van der Waals surface area contributed by atoms with E-state index < -0.39 is 11.5 Å². The van der Waals surface area contributed by atoms with Crippen LogP contribution in [-0.4, -0.2) is 33.4 Å². The zero-order valence-corrected chi connectivity index (χ0v) is 11.6. The molecule has 0 aromatic heterocycles. The molecule has 1 aliphatic carbocycles. The number of aromatic hydroxyl groups is 2. The van der Waals surface area contributed by atoms with E-state index in [0.29, 0.717) is 18.8 Å². The lowest BCUT2D eigenvalue weighted by Crippen LogP contribution is -2.45. The van der Waals surface area contributed by atoms with Gasteiger partial charge in [0.1, 0.15) is 11.5 Å². The first kappa shape index (κ1) is 14.7. The first-order valence-electron chi connectivity index (χ1n) is 6.92. The van der Waals surface area contributed by atoms with Crippen LogP contribution in [0.15, 0.2) is 18.2 Å². The molecule has 1 aliphatic rings. The molecule has 4 N–H and O–H groups in total. The van der Waals surface area contributed by atoms with E-state index in [-0.39, 0.29) is 23.6 Å². The third-order valence-corrected chi connectivity index (χ3v) is 4.01. The lowest BCUT2D eigenvalue weighted by atomic mass is 9.79. The molecule has 1 fully saturated rings. The predicted octanol–water partition coefficient (Wildman–Crippen LogP) is 1.77. The van der Waals surface area contributed by atoms with Crippen molar-refractivity contribution in [1.82, 2.24) is 5.32 Å². The maximum absolute atomic E-state index is 12.0. The van der Waals surface area contributed by atoms with Gasteiger partial charge in [0.15, 0.2) is 0 Å². The molecular weight excluding hydrogens is 258 g/mol. The van der Waals surface area contributed by atoms with E-state index in [1.807, 2.05) is 0 Å². The van der Waals surface area contributed by atoms with Gasteiger partial charge < -0.3 is 20.6 Å². The monoisotopic (exact) mass is 279 g/mol. The Hall–Kier alpha value is -1.75. The Kier molecular flexibility index (Phi) is 4.18. The number of aliphatic hydroxyl groups is 1. The molecule has 1 aromatic rings. The van der Waals surface area contributed by atoms with Crippen molar-refractivity contribution in [2.75, 3.05) is 6.54 Å². The van der Waals surface area contributed by atoms with Gasteiger partial charge in [-0.1, -0.05) is 6.92 Å². The van der Waals surface area contributed by atoms with Gasteiger partial charge in [0.05, 0.1) is 11.2 Å². The summed E-state index contributed by atoms with van der Waals surface area (Å²) in [7, 11) is 0. The van der Waals surface area contributed by atoms with Gasteiger partial charge in [-0.25, -0.2) is 0 Å². The topological polar surface area (TPSA) is 89.8 Å². The fraction of sp³-hybridized carbons (Fsp3) is 0.533. The molecular formula is C15H21NO4.